The third-order valence-corrected chi connectivity index (χ3v) is 4.77. The molecule has 1 aromatic carbocycles. The summed E-state index contributed by atoms with van der Waals surface area (Å²) in [6.45, 7) is -0.790. The largest absolute Gasteiger partial charge is 0.394 e. The van der Waals surface area contributed by atoms with E-state index in [0.717, 1.165) is 35.3 Å². The normalized spacial score (nSPS) is 23.9. The van der Waals surface area contributed by atoms with Crippen LogP contribution >= 0.6 is 0 Å². The van der Waals surface area contributed by atoms with Gasteiger partial charge in [0, 0.05) is 18.7 Å². The molecule has 1 aliphatic carbocycles. The maximum Gasteiger partial charge on any atom is 0.394 e. The van der Waals surface area contributed by atoms with Gasteiger partial charge in [0.15, 0.2) is 0 Å². The zero-order valence-corrected chi connectivity index (χ0v) is 12.4. The number of aryl methyl sites for hydroxylation is 1. The van der Waals surface area contributed by atoms with Crippen molar-refractivity contribution in [2.45, 2.75) is 25.4 Å². The molecule has 0 saturated carbocycles. The lowest BCUT2D eigenvalue weighted by Crippen LogP contribution is -2.37. The Balaban J connectivity index is 1.87. The highest BCUT2D eigenvalue weighted by molar-refractivity contribution is 5.97. The molecular formula is C16H17F3N2O2. The van der Waals surface area contributed by atoms with E-state index in [1.807, 2.05) is 6.07 Å². The van der Waals surface area contributed by atoms with Crippen molar-refractivity contribution in [3.05, 3.63) is 34.9 Å². The zero-order valence-electron chi connectivity index (χ0n) is 12.4. The van der Waals surface area contributed by atoms with E-state index >= 15 is 0 Å². The Morgan fingerprint density at radius 2 is 1.91 bits per heavy atom. The van der Waals surface area contributed by atoms with Gasteiger partial charge >= 0.3 is 6.18 Å². The summed E-state index contributed by atoms with van der Waals surface area (Å²) >= 11 is 0. The Bertz CT molecular complexity index is 657. The Morgan fingerprint density at radius 3 is 2.52 bits per heavy atom. The molecule has 0 spiro atoms. The molecule has 0 aromatic heterocycles. The summed E-state index contributed by atoms with van der Waals surface area (Å²) in [5, 5.41) is 0. The molecule has 0 radical (unpaired) electrons. The summed E-state index contributed by atoms with van der Waals surface area (Å²) in [5.74, 6) is -4.72. The molecule has 7 heteroatoms. The highest BCUT2D eigenvalue weighted by Gasteiger charge is 2.53. The van der Waals surface area contributed by atoms with Gasteiger partial charge < -0.3 is 10.6 Å². The molecule has 1 aliphatic heterocycles. The first kappa shape index (κ1) is 15.8. The van der Waals surface area contributed by atoms with E-state index in [4.69, 9.17) is 5.73 Å². The van der Waals surface area contributed by atoms with E-state index in [2.05, 4.69) is 0 Å². The predicted molar refractivity (Wildman–Crippen MR) is 76.6 cm³/mol. The van der Waals surface area contributed by atoms with Crippen LogP contribution in [0.1, 0.15) is 27.9 Å². The van der Waals surface area contributed by atoms with Gasteiger partial charge in [0.05, 0.1) is 11.8 Å². The molecule has 1 aromatic rings. The molecule has 124 valence electrons. The highest BCUT2D eigenvalue weighted by Crippen LogP contribution is 2.38. The standard InChI is InChI=1S/C16H17F3N2O2/c17-16(18,19)13-8-21(7-12(13)14(20)22)15(23)11-6-2-4-9-3-1-5-10(9)11/h2,4,6,12-13H,1,3,5,7-8H2,(H2,20,22)/t12-,13-/m1/s1. The minimum Gasteiger partial charge on any atom is -0.369 e. The van der Waals surface area contributed by atoms with Gasteiger partial charge in [-0.15, -0.1) is 0 Å². The van der Waals surface area contributed by atoms with Gasteiger partial charge in [0.2, 0.25) is 5.91 Å². The summed E-state index contributed by atoms with van der Waals surface area (Å²) in [6.07, 6.45) is -1.97. The molecule has 2 aliphatic rings. The van der Waals surface area contributed by atoms with Crippen molar-refractivity contribution in [3.63, 3.8) is 0 Å². The van der Waals surface area contributed by atoms with Crippen molar-refractivity contribution < 1.29 is 22.8 Å². The van der Waals surface area contributed by atoms with E-state index in [9.17, 15) is 22.8 Å². The monoisotopic (exact) mass is 326 g/mol. The number of benzene rings is 1. The Kier molecular flexibility index (Phi) is 3.82. The van der Waals surface area contributed by atoms with Crippen LogP contribution in [-0.4, -0.2) is 36.0 Å². The number of nitrogens with two attached hydrogens (primary N) is 1. The summed E-state index contributed by atoms with van der Waals surface area (Å²) in [5.41, 5.74) is 7.55. The molecule has 1 heterocycles. The van der Waals surface area contributed by atoms with Crippen molar-refractivity contribution in [2.75, 3.05) is 13.1 Å². The summed E-state index contributed by atoms with van der Waals surface area (Å²) in [6, 6.07) is 5.33. The number of hydrogen-bond donors (Lipinski definition) is 1. The van der Waals surface area contributed by atoms with Crippen LogP contribution in [0.25, 0.3) is 0 Å². The fourth-order valence-corrected chi connectivity index (χ4v) is 3.58. The van der Waals surface area contributed by atoms with E-state index in [-0.39, 0.29) is 6.54 Å². The Labute approximate surface area is 131 Å². The fourth-order valence-electron chi connectivity index (χ4n) is 3.58. The Hall–Kier alpha value is -2.05. The third-order valence-electron chi connectivity index (χ3n) is 4.77. The van der Waals surface area contributed by atoms with Gasteiger partial charge in [0.25, 0.3) is 5.91 Å². The fraction of sp³-hybridized carbons (Fsp3) is 0.500. The van der Waals surface area contributed by atoms with Crippen LogP contribution in [0.2, 0.25) is 0 Å². The van der Waals surface area contributed by atoms with Gasteiger partial charge in [0.1, 0.15) is 0 Å². The van der Waals surface area contributed by atoms with Crippen LogP contribution in [0.5, 0.6) is 0 Å². The number of amides is 2. The third kappa shape index (κ3) is 2.80. The van der Waals surface area contributed by atoms with Crippen molar-refractivity contribution in [1.82, 2.24) is 4.90 Å². The molecule has 0 unspecified atom stereocenters. The molecule has 1 fully saturated rings. The van der Waals surface area contributed by atoms with E-state index in [0.29, 0.717) is 5.56 Å². The van der Waals surface area contributed by atoms with Gasteiger partial charge in [-0.1, -0.05) is 12.1 Å². The summed E-state index contributed by atoms with van der Waals surface area (Å²) in [4.78, 5) is 25.1. The molecule has 0 bridgehead atoms. The van der Waals surface area contributed by atoms with Crippen LogP contribution in [-0.2, 0) is 17.6 Å². The van der Waals surface area contributed by atoms with Gasteiger partial charge in [-0.2, -0.15) is 13.2 Å². The highest BCUT2D eigenvalue weighted by atomic mass is 19.4. The van der Waals surface area contributed by atoms with Crippen molar-refractivity contribution in [2.24, 2.45) is 17.6 Å². The lowest BCUT2D eigenvalue weighted by molar-refractivity contribution is -0.182. The SMILES string of the molecule is NC(=O)[C@@H]1CN(C(=O)c2cccc3c2CCC3)C[C@H]1C(F)(F)F. The van der Waals surface area contributed by atoms with Crippen LogP contribution in [0, 0.1) is 11.8 Å². The van der Waals surface area contributed by atoms with Crippen LogP contribution in [0.4, 0.5) is 13.2 Å². The van der Waals surface area contributed by atoms with Crippen LogP contribution in [0.15, 0.2) is 18.2 Å². The van der Waals surface area contributed by atoms with Gasteiger partial charge in [-0.25, -0.2) is 0 Å². The second kappa shape index (κ2) is 5.54. The second-order valence-corrected chi connectivity index (χ2v) is 6.16. The lowest BCUT2D eigenvalue weighted by Gasteiger charge is -2.19. The summed E-state index contributed by atoms with van der Waals surface area (Å²) in [7, 11) is 0. The number of nitrogens with zero attached hydrogens (tertiary/aromatic N) is 1. The number of hydrogen-bond acceptors (Lipinski definition) is 2. The molecule has 4 nitrogen and oxygen atoms in total. The lowest BCUT2D eigenvalue weighted by atomic mass is 9.95. The molecule has 2 atom stereocenters. The number of alkyl halides is 3. The number of carbonyl (C=O) groups excluding carboxylic acids is 2. The molecule has 23 heavy (non-hydrogen) atoms. The smallest absolute Gasteiger partial charge is 0.369 e. The van der Waals surface area contributed by atoms with Crippen molar-refractivity contribution in [1.29, 1.82) is 0 Å². The maximum absolute atomic E-state index is 13.1. The number of likely N-dealkylation sites (tertiary alicyclic amines) is 1. The second-order valence-electron chi connectivity index (χ2n) is 6.16. The first-order valence-electron chi connectivity index (χ1n) is 7.55. The average Bonchev–Trinajstić information content (AvgIpc) is 3.12. The molecule has 3 rings (SSSR count). The first-order chi connectivity index (χ1) is 10.8. The maximum atomic E-state index is 13.1. The van der Waals surface area contributed by atoms with Crippen molar-refractivity contribution in [3.8, 4) is 0 Å². The minimum absolute atomic E-state index is 0.276. The predicted octanol–water partition coefficient (Wildman–Crippen LogP) is 1.91. The van der Waals surface area contributed by atoms with Crippen molar-refractivity contribution >= 4 is 11.8 Å². The van der Waals surface area contributed by atoms with E-state index in [1.54, 1.807) is 12.1 Å². The molecule has 2 amide bonds. The van der Waals surface area contributed by atoms with Crippen LogP contribution in [0.3, 0.4) is 0 Å². The number of halogens is 3. The van der Waals surface area contributed by atoms with Gasteiger partial charge in [-0.05, 0) is 36.5 Å². The molecular weight excluding hydrogens is 309 g/mol. The number of primary amides is 1. The topological polar surface area (TPSA) is 63.4 Å². The van der Waals surface area contributed by atoms with E-state index < -0.39 is 36.4 Å². The number of rotatable bonds is 2. The Morgan fingerprint density at radius 1 is 1.17 bits per heavy atom. The number of fused-ring (bicyclic) bond motifs is 1. The average molecular weight is 326 g/mol. The van der Waals surface area contributed by atoms with Crippen LogP contribution < -0.4 is 5.73 Å². The number of carbonyl (C=O) groups is 2. The van der Waals surface area contributed by atoms with E-state index in [1.165, 1.54) is 0 Å². The molecule has 2 N–H and O–H groups in total. The minimum atomic E-state index is -4.55. The quantitative estimate of drug-likeness (QED) is 0.902. The molecule has 1 saturated heterocycles. The summed E-state index contributed by atoms with van der Waals surface area (Å²) < 4.78 is 39.3. The van der Waals surface area contributed by atoms with Gasteiger partial charge in [-0.3, -0.25) is 9.59 Å². The first-order valence-corrected chi connectivity index (χ1v) is 7.55. The zero-order chi connectivity index (χ0) is 16.8.